The molecule has 2 atom stereocenters. The second kappa shape index (κ2) is 3.48. The van der Waals surface area contributed by atoms with E-state index in [-0.39, 0.29) is 17.7 Å². The topological polar surface area (TPSA) is 38.8 Å². The normalized spacial score (nSPS) is 37.7. The fourth-order valence-corrected chi connectivity index (χ4v) is 2.86. The predicted octanol–water partition coefficient (Wildman–Crippen LogP) is 2.29. The summed E-state index contributed by atoms with van der Waals surface area (Å²) in [7, 11) is 0. The highest BCUT2D eigenvalue weighted by Crippen LogP contribution is 2.54. The fraction of sp³-hybridized carbons (Fsp3) is 0.917. The molecule has 2 rings (SSSR count). The second-order valence-corrected chi connectivity index (χ2v) is 5.51. The molecule has 1 aliphatic carbocycles. The predicted molar refractivity (Wildman–Crippen MR) is 56.5 cm³/mol. The molecule has 15 heavy (non-hydrogen) atoms. The van der Waals surface area contributed by atoms with Gasteiger partial charge in [0, 0.05) is 0 Å². The largest absolute Gasteiger partial charge is 0.464 e. The van der Waals surface area contributed by atoms with E-state index in [0.29, 0.717) is 12.0 Å². The van der Waals surface area contributed by atoms with Gasteiger partial charge in [-0.15, -0.1) is 0 Å². The molecule has 2 aliphatic rings. The highest BCUT2D eigenvalue weighted by Gasteiger charge is 2.63. The Balaban J connectivity index is 1.97. The summed E-state index contributed by atoms with van der Waals surface area (Å²) < 4.78 is 10.6. The number of carbonyl (C=O) groups excluding carboxylic acids is 1. The third kappa shape index (κ3) is 2.03. The summed E-state index contributed by atoms with van der Waals surface area (Å²) in [6.45, 7) is 6.77. The van der Waals surface area contributed by atoms with E-state index in [0.717, 1.165) is 19.3 Å². The van der Waals surface area contributed by atoms with Crippen molar-refractivity contribution in [3.05, 3.63) is 0 Å². The van der Waals surface area contributed by atoms with Crippen molar-refractivity contribution in [3.8, 4) is 0 Å². The Morgan fingerprint density at radius 3 is 2.80 bits per heavy atom. The third-order valence-corrected chi connectivity index (χ3v) is 3.51. The standard InChI is InChI=1S/C12H20O3/c1-4-14-10(13)9-12(15-9)7-5-6-11(2,3)8-12/h9H,4-8H2,1-3H3. The number of ether oxygens (including phenoxy) is 2. The molecule has 1 saturated carbocycles. The minimum absolute atomic E-state index is 0.171. The van der Waals surface area contributed by atoms with Crippen molar-refractivity contribution in [2.45, 2.75) is 58.2 Å². The summed E-state index contributed by atoms with van der Waals surface area (Å²) in [4.78, 5) is 11.5. The van der Waals surface area contributed by atoms with Crippen molar-refractivity contribution in [2.75, 3.05) is 6.61 Å². The van der Waals surface area contributed by atoms with Gasteiger partial charge in [0.25, 0.3) is 0 Å². The van der Waals surface area contributed by atoms with E-state index in [9.17, 15) is 4.79 Å². The first kappa shape index (κ1) is 10.9. The van der Waals surface area contributed by atoms with Crippen molar-refractivity contribution in [2.24, 2.45) is 5.41 Å². The number of rotatable bonds is 2. The molecule has 0 aromatic rings. The highest BCUT2D eigenvalue weighted by molar-refractivity contribution is 5.79. The number of epoxide rings is 1. The molecule has 0 radical (unpaired) electrons. The van der Waals surface area contributed by atoms with Gasteiger partial charge in [0.2, 0.25) is 0 Å². The molecule has 2 fully saturated rings. The lowest BCUT2D eigenvalue weighted by atomic mass is 9.71. The van der Waals surface area contributed by atoms with Crippen molar-refractivity contribution in [1.29, 1.82) is 0 Å². The monoisotopic (exact) mass is 212 g/mol. The molecule has 86 valence electrons. The zero-order valence-electron chi connectivity index (χ0n) is 9.84. The van der Waals surface area contributed by atoms with Crippen LogP contribution in [0.5, 0.6) is 0 Å². The Morgan fingerprint density at radius 2 is 2.20 bits per heavy atom. The molecule has 3 nitrogen and oxygen atoms in total. The number of hydrogen-bond donors (Lipinski definition) is 0. The van der Waals surface area contributed by atoms with E-state index in [1.807, 2.05) is 6.92 Å². The van der Waals surface area contributed by atoms with E-state index >= 15 is 0 Å². The summed E-state index contributed by atoms with van der Waals surface area (Å²) in [6.07, 6.45) is 4.11. The van der Waals surface area contributed by atoms with Crippen LogP contribution in [0.4, 0.5) is 0 Å². The molecule has 0 aromatic carbocycles. The van der Waals surface area contributed by atoms with Crippen LogP contribution in [0.1, 0.15) is 46.5 Å². The molecule has 3 heteroatoms. The molecule has 1 spiro atoms. The first-order valence-electron chi connectivity index (χ1n) is 5.84. The van der Waals surface area contributed by atoms with Crippen LogP contribution in [-0.4, -0.2) is 24.3 Å². The lowest BCUT2D eigenvalue weighted by Gasteiger charge is -2.33. The Morgan fingerprint density at radius 1 is 1.47 bits per heavy atom. The average molecular weight is 212 g/mol. The van der Waals surface area contributed by atoms with Crippen molar-refractivity contribution >= 4 is 5.97 Å². The minimum atomic E-state index is -0.281. The molecule has 0 amide bonds. The fourth-order valence-electron chi connectivity index (χ4n) is 2.86. The van der Waals surface area contributed by atoms with Crippen LogP contribution < -0.4 is 0 Å². The summed E-state index contributed by atoms with van der Waals surface area (Å²) in [5.41, 5.74) is 0.132. The lowest BCUT2D eigenvalue weighted by molar-refractivity contribution is -0.144. The Hall–Kier alpha value is -0.570. The Kier molecular flexibility index (Phi) is 2.53. The van der Waals surface area contributed by atoms with Crippen LogP contribution in [0.2, 0.25) is 0 Å². The first-order valence-corrected chi connectivity index (χ1v) is 5.84. The maximum atomic E-state index is 11.5. The maximum Gasteiger partial charge on any atom is 0.338 e. The van der Waals surface area contributed by atoms with Gasteiger partial charge in [0.15, 0.2) is 6.10 Å². The number of esters is 1. The summed E-state index contributed by atoms with van der Waals surface area (Å²) in [5.74, 6) is -0.171. The zero-order valence-corrected chi connectivity index (χ0v) is 9.84. The van der Waals surface area contributed by atoms with E-state index in [1.165, 1.54) is 6.42 Å². The van der Waals surface area contributed by atoms with Gasteiger partial charge in [-0.1, -0.05) is 13.8 Å². The van der Waals surface area contributed by atoms with Gasteiger partial charge >= 0.3 is 5.97 Å². The second-order valence-electron chi connectivity index (χ2n) is 5.51. The van der Waals surface area contributed by atoms with Gasteiger partial charge < -0.3 is 9.47 Å². The van der Waals surface area contributed by atoms with Crippen LogP contribution in [0.3, 0.4) is 0 Å². The van der Waals surface area contributed by atoms with Crippen molar-refractivity contribution < 1.29 is 14.3 Å². The minimum Gasteiger partial charge on any atom is -0.464 e. The van der Waals surface area contributed by atoms with E-state index < -0.39 is 0 Å². The van der Waals surface area contributed by atoms with Crippen LogP contribution >= 0.6 is 0 Å². The average Bonchev–Trinajstić information content (AvgIpc) is 2.77. The smallest absolute Gasteiger partial charge is 0.338 e. The summed E-state index contributed by atoms with van der Waals surface area (Å²) >= 11 is 0. The molecule has 1 aliphatic heterocycles. The van der Waals surface area contributed by atoms with Gasteiger partial charge in [-0.2, -0.15) is 0 Å². The molecule has 0 aromatic heterocycles. The lowest BCUT2D eigenvalue weighted by Crippen LogP contribution is -2.33. The molecular formula is C12H20O3. The first-order chi connectivity index (χ1) is 6.99. The Bertz CT molecular complexity index is 272. The van der Waals surface area contributed by atoms with Crippen LogP contribution in [0, 0.1) is 5.41 Å². The summed E-state index contributed by atoms with van der Waals surface area (Å²) in [5, 5.41) is 0. The Labute approximate surface area is 91.1 Å². The van der Waals surface area contributed by atoms with Gasteiger partial charge in [-0.3, -0.25) is 0 Å². The molecule has 1 saturated heterocycles. The maximum absolute atomic E-state index is 11.5. The number of carbonyl (C=O) groups is 1. The zero-order chi connectivity index (χ0) is 11.1. The highest BCUT2D eigenvalue weighted by atomic mass is 16.7. The van der Waals surface area contributed by atoms with Gasteiger partial charge in [0.05, 0.1) is 6.61 Å². The van der Waals surface area contributed by atoms with Crippen LogP contribution in [0.15, 0.2) is 0 Å². The van der Waals surface area contributed by atoms with Gasteiger partial charge in [-0.25, -0.2) is 4.79 Å². The molecule has 0 N–H and O–H groups in total. The SMILES string of the molecule is CCOC(=O)C1OC12CCCC(C)(C)C2. The molecule has 2 unspecified atom stereocenters. The molecule has 1 heterocycles. The van der Waals surface area contributed by atoms with Crippen molar-refractivity contribution in [3.63, 3.8) is 0 Å². The molecular weight excluding hydrogens is 192 g/mol. The van der Waals surface area contributed by atoms with Crippen molar-refractivity contribution in [1.82, 2.24) is 0 Å². The van der Waals surface area contributed by atoms with E-state index in [1.54, 1.807) is 0 Å². The quantitative estimate of drug-likeness (QED) is 0.520. The number of hydrogen-bond acceptors (Lipinski definition) is 3. The van der Waals surface area contributed by atoms with E-state index in [4.69, 9.17) is 9.47 Å². The van der Waals surface area contributed by atoms with Gasteiger partial charge in [-0.05, 0) is 38.0 Å². The van der Waals surface area contributed by atoms with Crippen LogP contribution in [-0.2, 0) is 14.3 Å². The van der Waals surface area contributed by atoms with Crippen LogP contribution in [0.25, 0.3) is 0 Å². The van der Waals surface area contributed by atoms with E-state index in [2.05, 4.69) is 13.8 Å². The summed E-state index contributed by atoms with van der Waals surface area (Å²) in [6, 6.07) is 0. The van der Waals surface area contributed by atoms with Gasteiger partial charge in [0.1, 0.15) is 5.60 Å². The third-order valence-electron chi connectivity index (χ3n) is 3.51. The molecule has 0 bridgehead atoms.